The zero-order valence-corrected chi connectivity index (χ0v) is 12.0. The number of hydrogen-bond donors (Lipinski definition) is 1. The summed E-state index contributed by atoms with van der Waals surface area (Å²) in [5, 5.41) is 3.67. The molecule has 1 aliphatic heterocycles. The second-order valence-corrected chi connectivity index (χ2v) is 5.86. The first-order valence-electron chi connectivity index (χ1n) is 6.99. The molecule has 1 saturated heterocycles. The Labute approximate surface area is 111 Å². The second-order valence-electron chi connectivity index (χ2n) is 5.86. The Kier molecular flexibility index (Phi) is 3.96. The van der Waals surface area contributed by atoms with Gasteiger partial charge in [0.1, 0.15) is 0 Å². The summed E-state index contributed by atoms with van der Waals surface area (Å²) in [4.78, 5) is 0. The lowest BCUT2D eigenvalue weighted by Crippen LogP contribution is -2.41. The van der Waals surface area contributed by atoms with Crippen molar-refractivity contribution in [1.29, 1.82) is 0 Å². The molecule has 2 nitrogen and oxygen atoms in total. The molecule has 0 aromatic heterocycles. The summed E-state index contributed by atoms with van der Waals surface area (Å²) in [5.41, 5.74) is 3.94. The fraction of sp³-hybridized carbons (Fsp3) is 0.625. The van der Waals surface area contributed by atoms with E-state index in [9.17, 15) is 0 Å². The minimum Gasteiger partial charge on any atom is -0.382 e. The van der Waals surface area contributed by atoms with E-state index >= 15 is 0 Å². The molecule has 1 aromatic carbocycles. The van der Waals surface area contributed by atoms with Crippen LogP contribution in [0.15, 0.2) is 18.2 Å². The third kappa shape index (κ3) is 3.26. The lowest BCUT2D eigenvalue weighted by molar-refractivity contribution is -0.0708. The maximum absolute atomic E-state index is 5.89. The van der Waals surface area contributed by atoms with E-state index in [0.717, 1.165) is 25.9 Å². The third-order valence-corrected chi connectivity index (χ3v) is 3.94. The van der Waals surface area contributed by atoms with Gasteiger partial charge in [0.25, 0.3) is 0 Å². The van der Waals surface area contributed by atoms with Gasteiger partial charge in [-0.3, -0.25) is 0 Å². The number of rotatable bonds is 3. The Morgan fingerprint density at radius 1 is 1.28 bits per heavy atom. The molecule has 0 amide bonds. The lowest BCUT2D eigenvalue weighted by Gasteiger charge is -2.38. The summed E-state index contributed by atoms with van der Waals surface area (Å²) in [6, 6.07) is 7.20. The number of ether oxygens (including phenoxy) is 1. The van der Waals surface area contributed by atoms with E-state index in [4.69, 9.17) is 4.74 Å². The van der Waals surface area contributed by atoms with Crippen molar-refractivity contribution in [2.24, 2.45) is 0 Å². The number of anilines is 1. The molecule has 0 spiro atoms. The Morgan fingerprint density at radius 2 is 1.94 bits per heavy atom. The maximum atomic E-state index is 5.89. The van der Waals surface area contributed by atoms with E-state index in [2.05, 4.69) is 51.2 Å². The molecule has 1 aliphatic rings. The Hall–Kier alpha value is -1.02. The molecule has 2 heteroatoms. The van der Waals surface area contributed by atoms with E-state index in [-0.39, 0.29) is 5.60 Å². The molecule has 100 valence electrons. The summed E-state index contributed by atoms with van der Waals surface area (Å²) in [5.74, 6) is 0. The molecule has 0 bridgehead atoms. The smallest absolute Gasteiger partial charge is 0.0671 e. The van der Waals surface area contributed by atoms with E-state index in [0.29, 0.717) is 6.04 Å². The lowest BCUT2D eigenvalue weighted by atomic mass is 9.89. The SMILES string of the molecule is CCC1(C)CC(Nc2cc(C)cc(C)c2)CCO1. The highest BCUT2D eigenvalue weighted by Crippen LogP contribution is 2.29. The van der Waals surface area contributed by atoms with Gasteiger partial charge >= 0.3 is 0 Å². The second kappa shape index (κ2) is 5.31. The predicted octanol–water partition coefficient (Wildman–Crippen LogP) is 4.06. The molecule has 0 radical (unpaired) electrons. The summed E-state index contributed by atoms with van der Waals surface area (Å²) >= 11 is 0. The molecule has 1 heterocycles. The Bertz CT molecular complexity index is 395. The molecule has 1 fully saturated rings. The van der Waals surface area contributed by atoms with Crippen molar-refractivity contribution >= 4 is 5.69 Å². The first-order valence-corrected chi connectivity index (χ1v) is 6.99. The fourth-order valence-electron chi connectivity index (χ4n) is 2.79. The van der Waals surface area contributed by atoms with Crippen LogP contribution in [0.25, 0.3) is 0 Å². The Morgan fingerprint density at radius 3 is 2.56 bits per heavy atom. The highest BCUT2D eigenvalue weighted by molar-refractivity contribution is 5.49. The number of aryl methyl sites for hydroxylation is 2. The molecule has 0 saturated carbocycles. The molecule has 1 N–H and O–H groups in total. The van der Waals surface area contributed by atoms with Gasteiger partial charge in [-0.2, -0.15) is 0 Å². The quantitative estimate of drug-likeness (QED) is 0.869. The van der Waals surface area contributed by atoms with Crippen LogP contribution in [0.2, 0.25) is 0 Å². The normalized spacial score (nSPS) is 28.1. The van der Waals surface area contributed by atoms with Gasteiger partial charge < -0.3 is 10.1 Å². The molecule has 2 unspecified atom stereocenters. The van der Waals surface area contributed by atoms with Crippen LogP contribution in [0.5, 0.6) is 0 Å². The van der Waals surface area contributed by atoms with Crippen molar-refractivity contribution in [3.63, 3.8) is 0 Å². The van der Waals surface area contributed by atoms with Crippen LogP contribution in [-0.4, -0.2) is 18.2 Å². The van der Waals surface area contributed by atoms with Crippen molar-refractivity contribution in [2.75, 3.05) is 11.9 Å². The molecular formula is C16H25NO. The van der Waals surface area contributed by atoms with E-state index in [1.165, 1.54) is 16.8 Å². The minimum atomic E-state index is 0.0504. The molecular weight excluding hydrogens is 222 g/mol. The standard InChI is InChI=1S/C16H25NO/c1-5-16(4)11-14(6-7-18-16)17-15-9-12(2)8-13(3)10-15/h8-10,14,17H,5-7,11H2,1-4H3. The minimum absolute atomic E-state index is 0.0504. The average molecular weight is 247 g/mol. The van der Waals surface area contributed by atoms with Gasteiger partial charge in [0.2, 0.25) is 0 Å². The largest absolute Gasteiger partial charge is 0.382 e. The van der Waals surface area contributed by atoms with Gasteiger partial charge in [-0.15, -0.1) is 0 Å². The highest BCUT2D eigenvalue weighted by Gasteiger charge is 2.31. The third-order valence-electron chi connectivity index (χ3n) is 3.94. The van der Waals surface area contributed by atoms with Crippen molar-refractivity contribution in [3.05, 3.63) is 29.3 Å². The first kappa shape index (κ1) is 13.4. The van der Waals surface area contributed by atoms with E-state index < -0.39 is 0 Å². The first-order chi connectivity index (χ1) is 8.50. The van der Waals surface area contributed by atoms with Crippen LogP contribution >= 0.6 is 0 Å². The van der Waals surface area contributed by atoms with Gasteiger partial charge in [-0.25, -0.2) is 0 Å². The maximum Gasteiger partial charge on any atom is 0.0671 e. The van der Waals surface area contributed by atoms with Gasteiger partial charge in [0.15, 0.2) is 0 Å². The van der Waals surface area contributed by atoms with Crippen LogP contribution in [0.1, 0.15) is 44.2 Å². The van der Waals surface area contributed by atoms with Gasteiger partial charge in [0, 0.05) is 18.3 Å². The van der Waals surface area contributed by atoms with Crippen molar-refractivity contribution in [3.8, 4) is 0 Å². The van der Waals surface area contributed by atoms with Crippen LogP contribution in [0.4, 0.5) is 5.69 Å². The van der Waals surface area contributed by atoms with Gasteiger partial charge in [0.05, 0.1) is 5.60 Å². The zero-order chi connectivity index (χ0) is 13.2. The molecule has 2 rings (SSSR count). The van der Waals surface area contributed by atoms with Crippen LogP contribution in [0.3, 0.4) is 0 Å². The highest BCUT2D eigenvalue weighted by atomic mass is 16.5. The van der Waals surface area contributed by atoms with E-state index in [1.54, 1.807) is 0 Å². The molecule has 2 atom stereocenters. The predicted molar refractivity (Wildman–Crippen MR) is 77.2 cm³/mol. The fourth-order valence-corrected chi connectivity index (χ4v) is 2.79. The number of nitrogens with one attached hydrogen (secondary N) is 1. The summed E-state index contributed by atoms with van der Waals surface area (Å²) < 4.78 is 5.89. The number of hydrogen-bond acceptors (Lipinski definition) is 2. The summed E-state index contributed by atoms with van der Waals surface area (Å²) in [6.07, 6.45) is 3.27. The average Bonchev–Trinajstić information content (AvgIpc) is 2.27. The van der Waals surface area contributed by atoms with E-state index in [1.807, 2.05) is 0 Å². The van der Waals surface area contributed by atoms with Crippen molar-refractivity contribution in [2.45, 2.75) is 58.6 Å². The molecule has 1 aromatic rings. The molecule has 18 heavy (non-hydrogen) atoms. The molecule has 0 aliphatic carbocycles. The zero-order valence-electron chi connectivity index (χ0n) is 12.0. The monoisotopic (exact) mass is 247 g/mol. The van der Waals surface area contributed by atoms with Crippen LogP contribution < -0.4 is 5.32 Å². The van der Waals surface area contributed by atoms with Gasteiger partial charge in [-0.05, 0) is 63.3 Å². The number of benzene rings is 1. The topological polar surface area (TPSA) is 21.3 Å². The van der Waals surface area contributed by atoms with Crippen molar-refractivity contribution in [1.82, 2.24) is 0 Å². The summed E-state index contributed by atoms with van der Waals surface area (Å²) in [6.45, 7) is 9.60. The van der Waals surface area contributed by atoms with Crippen LogP contribution in [-0.2, 0) is 4.74 Å². The Balaban J connectivity index is 2.04. The summed E-state index contributed by atoms with van der Waals surface area (Å²) in [7, 11) is 0. The van der Waals surface area contributed by atoms with Crippen LogP contribution in [0, 0.1) is 13.8 Å². The van der Waals surface area contributed by atoms with Gasteiger partial charge in [-0.1, -0.05) is 13.0 Å². The van der Waals surface area contributed by atoms with Crippen molar-refractivity contribution < 1.29 is 4.74 Å².